The van der Waals surface area contributed by atoms with E-state index in [4.69, 9.17) is 23.0 Å². The summed E-state index contributed by atoms with van der Waals surface area (Å²) >= 11 is 0. The van der Waals surface area contributed by atoms with E-state index in [0.29, 0.717) is 19.8 Å². The van der Waals surface area contributed by atoms with E-state index in [1.807, 2.05) is 0 Å². The van der Waals surface area contributed by atoms with Crippen LogP contribution in [0.3, 0.4) is 0 Å². The zero-order valence-electron chi connectivity index (χ0n) is 10.3. The molecule has 17 heavy (non-hydrogen) atoms. The zero-order chi connectivity index (χ0) is 11.9. The molecule has 0 bridgehead atoms. The van der Waals surface area contributed by atoms with Crippen molar-refractivity contribution in [3.05, 3.63) is 0 Å². The molecule has 98 valence electrons. The molecule has 5 nitrogen and oxygen atoms in total. The minimum Gasteiger partial charge on any atom is -0.373 e. The Morgan fingerprint density at radius 3 is 2.71 bits per heavy atom. The van der Waals surface area contributed by atoms with E-state index in [-0.39, 0.29) is 23.7 Å². The van der Waals surface area contributed by atoms with Crippen molar-refractivity contribution in [1.82, 2.24) is 0 Å². The molecule has 0 aromatic heterocycles. The Hall–Kier alpha value is 0.230. The quantitative estimate of drug-likeness (QED) is 0.711. The molecule has 3 fully saturated rings. The highest BCUT2D eigenvalue weighted by Gasteiger charge is 2.45. The lowest BCUT2D eigenvalue weighted by atomic mass is 9.97. The molecule has 0 unspecified atom stereocenters. The van der Waals surface area contributed by atoms with Gasteiger partial charge in [0.15, 0.2) is 0 Å². The summed E-state index contributed by atoms with van der Waals surface area (Å²) in [7, 11) is -1.22. The molecule has 3 heterocycles. The third kappa shape index (κ3) is 2.65. The van der Waals surface area contributed by atoms with Gasteiger partial charge >= 0.3 is 8.60 Å². The van der Waals surface area contributed by atoms with Gasteiger partial charge in [-0.3, -0.25) is 0 Å². The Balaban J connectivity index is 1.51. The second-order valence-corrected chi connectivity index (χ2v) is 6.75. The lowest BCUT2D eigenvalue weighted by molar-refractivity contribution is -0.0148. The van der Waals surface area contributed by atoms with Crippen molar-refractivity contribution in [2.24, 2.45) is 5.41 Å². The first-order chi connectivity index (χ1) is 8.14. The summed E-state index contributed by atoms with van der Waals surface area (Å²) < 4.78 is 28.3. The van der Waals surface area contributed by atoms with Crippen molar-refractivity contribution in [2.75, 3.05) is 26.4 Å². The Labute approximate surface area is 103 Å². The van der Waals surface area contributed by atoms with Crippen molar-refractivity contribution in [1.29, 1.82) is 0 Å². The van der Waals surface area contributed by atoms with Crippen LogP contribution in [-0.4, -0.2) is 44.7 Å². The zero-order valence-corrected chi connectivity index (χ0v) is 11.2. The fourth-order valence-corrected chi connectivity index (χ4v) is 3.73. The van der Waals surface area contributed by atoms with E-state index in [1.165, 1.54) is 0 Å². The van der Waals surface area contributed by atoms with Crippen LogP contribution in [0.15, 0.2) is 0 Å². The van der Waals surface area contributed by atoms with Gasteiger partial charge in [-0.2, -0.15) is 0 Å². The fraction of sp³-hybridized carbons (Fsp3) is 1.00. The first-order valence-electron chi connectivity index (χ1n) is 6.10. The molecule has 0 saturated carbocycles. The van der Waals surface area contributed by atoms with Gasteiger partial charge in [-0.1, -0.05) is 13.8 Å². The molecule has 0 aliphatic carbocycles. The van der Waals surface area contributed by atoms with Crippen LogP contribution in [0.25, 0.3) is 0 Å². The van der Waals surface area contributed by atoms with E-state index < -0.39 is 8.60 Å². The maximum absolute atomic E-state index is 5.83. The molecule has 6 heteroatoms. The average Bonchev–Trinajstić information content (AvgIpc) is 2.85. The summed E-state index contributed by atoms with van der Waals surface area (Å²) in [6, 6.07) is 0. The number of hydrogen-bond donors (Lipinski definition) is 0. The van der Waals surface area contributed by atoms with E-state index in [2.05, 4.69) is 13.8 Å². The van der Waals surface area contributed by atoms with Crippen LogP contribution in [0.2, 0.25) is 0 Å². The SMILES string of the molecule is CC1(C)COP(O[C@@H]2CO[C@@H]3CCO[C@@H]32)OC1. The first kappa shape index (κ1) is 12.3. The van der Waals surface area contributed by atoms with Crippen LogP contribution in [-0.2, 0) is 23.0 Å². The van der Waals surface area contributed by atoms with Crippen LogP contribution in [0, 0.1) is 5.41 Å². The standard InChI is InChI=1S/C11H19O5P/c1-11(2)6-14-17(15-7-11)16-9-5-13-8-3-4-12-10(8)9/h8-10H,3-7H2,1-2H3/t8-,9-,10+/m1/s1. The van der Waals surface area contributed by atoms with E-state index in [9.17, 15) is 0 Å². The lowest BCUT2D eigenvalue weighted by Crippen LogP contribution is -2.32. The predicted octanol–water partition coefficient (Wildman–Crippen LogP) is 1.86. The van der Waals surface area contributed by atoms with Crippen LogP contribution in [0.4, 0.5) is 0 Å². The minimum atomic E-state index is -1.22. The Morgan fingerprint density at radius 2 is 1.94 bits per heavy atom. The third-order valence-electron chi connectivity index (χ3n) is 3.26. The van der Waals surface area contributed by atoms with Gasteiger partial charge in [-0.05, 0) is 6.42 Å². The monoisotopic (exact) mass is 262 g/mol. The van der Waals surface area contributed by atoms with Crippen molar-refractivity contribution < 1.29 is 23.0 Å². The number of fused-ring (bicyclic) bond motifs is 1. The summed E-state index contributed by atoms with van der Waals surface area (Å²) in [5.74, 6) is 0. The molecular formula is C11H19O5P. The Morgan fingerprint density at radius 1 is 1.18 bits per heavy atom. The normalized spacial score (nSPS) is 41.6. The highest BCUT2D eigenvalue weighted by Crippen LogP contribution is 2.49. The molecule has 3 rings (SSSR count). The molecule has 3 saturated heterocycles. The fourth-order valence-electron chi connectivity index (χ4n) is 2.23. The lowest BCUT2D eigenvalue weighted by Gasteiger charge is -2.34. The van der Waals surface area contributed by atoms with E-state index in [1.54, 1.807) is 0 Å². The average molecular weight is 262 g/mol. The summed E-state index contributed by atoms with van der Waals surface area (Å²) in [6.45, 7) is 6.96. The number of rotatable bonds is 2. The molecule has 3 aliphatic heterocycles. The van der Waals surface area contributed by atoms with E-state index in [0.717, 1.165) is 13.0 Å². The molecule has 0 spiro atoms. The van der Waals surface area contributed by atoms with Crippen LogP contribution >= 0.6 is 8.60 Å². The molecule has 0 radical (unpaired) electrons. The van der Waals surface area contributed by atoms with Crippen molar-refractivity contribution in [3.8, 4) is 0 Å². The topological polar surface area (TPSA) is 46.2 Å². The van der Waals surface area contributed by atoms with Crippen molar-refractivity contribution >= 4 is 8.60 Å². The highest BCUT2D eigenvalue weighted by molar-refractivity contribution is 7.41. The van der Waals surface area contributed by atoms with Crippen LogP contribution < -0.4 is 0 Å². The maximum atomic E-state index is 5.83. The summed E-state index contributed by atoms with van der Waals surface area (Å²) in [6.07, 6.45) is 1.21. The Bertz CT molecular complexity index is 275. The van der Waals surface area contributed by atoms with Gasteiger partial charge in [0.2, 0.25) is 0 Å². The van der Waals surface area contributed by atoms with Gasteiger partial charge in [-0.15, -0.1) is 0 Å². The Kier molecular flexibility index (Phi) is 3.41. The van der Waals surface area contributed by atoms with Crippen LogP contribution in [0.5, 0.6) is 0 Å². The molecule has 3 aliphatic rings. The van der Waals surface area contributed by atoms with Crippen molar-refractivity contribution in [3.63, 3.8) is 0 Å². The minimum absolute atomic E-state index is 0.0326. The van der Waals surface area contributed by atoms with Crippen molar-refractivity contribution in [2.45, 2.75) is 38.6 Å². The number of ether oxygens (including phenoxy) is 2. The molecule has 0 aromatic rings. The first-order valence-corrected chi connectivity index (χ1v) is 7.20. The van der Waals surface area contributed by atoms with Gasteiger partial charge < -0.3 is 23.0 Å². The largest absolute Gasteiger partial charge is 0.373 e. The molecule has 0 aromatic carbocycles. The summed E-state index contributed by atoms with van der Waals surface area (Å²) in [5, 5.41) is 0. The van der Waals surface area contributed by atoms with Crippen LogP contribution in [0.1, 0.15) is 20.3 Å². The molecule has 3 atom stereocenters. The van der Waals surface area contributed by atoms with Gasteiger partial charge in [-0.25, -0.2) is 0 Å². The number of hydrogen-bond acceptors (Lipinski definition) is 5. The van der Waals surface area contributed by atoms with E-state index >= 15 is 0 Å². The smallest absolute Gasteiger partial charge is 0.333 e. The molecular weight excluding hydrogens is 243 g/mol. The second kappa shape index (κ2) is 4.72. The summed E-state index contributed by atoms with van der Waals surface area (Å²) in [4.78, 5) is 0. The predicted molar refractivity (Wildman–Crippen MR) is 61.6 cm³/mol. The van der Waals surface area contributed by atoms with Gasteiger partial charge in [0.25, 0.3) is 0 Å². The third-order valence-corrected chi connectivity index (χ3v) is 4.39. The van der Waals surface area contributed by atoms with Gasteiger partial charge in [0, 0.05) is 12.0 Å². The molecule has 0 amide bonds. The maximum Gasteiger partial charge on any atom is 0.333 e. The molecule has 0 N–H and O–H groups in total. The summed E-state index contributed by atoms with van der Waals surface area (Å²) in [5.41, 5.74) is 0.0841. The second-order valence-electron chi connectivity index (χ2n) is 5.57. The van der Waals surface area contributed by atoms with Gasteiger partial charge in [0.05, 0.1) is 25.9 Å². The highest BCUT2D eigenvalue weighted by atomic mass is 31.2. The van der Waals surface area contributed by atoms with Gasteiger partial charge in [0.1, 0.15) is 12.2 Å².